The second kappa shape index (κ2) is 7.22. The van der Waals surface area contributed by atoms with Gasteiger partial charge < -0.3 is 10.4 Å². The molecule has 2 N–H and O–H groups in total. The SMILES string of the molecule is Cc1cccc(C(C)N[C@H](CCO)c2ccccc2)c1. The minimum absolute atomic E-state index is 0.178. The summed E-state index contributed by atoms with van der Waals surface area (Å²) in [5.74, 6) is 0. The van der Waals surface area contributed by atoms with E-state index >= 15 is 0 Å². The van der Waals surface area contributed by atoms with Crippen LogP contribution in [0.25, 0.3) is 0 Å². The Morgan fingerprint density at radius 2 is 1.70 bits per heavy atom. The van der Waals surface area contributed by atoms with E-state index in [-0.39, 0.29) is 18.7 Å². The van der Waals surface area contributed by atoms with Crippen LogP contribution in [0, 0.1) is 6.92 Å². The molecule has 2 nitrogen and oxygen atoms in total. The van der Waals surface area contributed by atoms with Crippen molar-refractivity contribution in [3.05, 3.63) is 71.3 Å². The van der Waals surface area contributed by atoms with Gasteiger partial charge in [-0.05, 0) is 31.4 Å². The Hall–Kier alpha value is -1.64. The highest BCUT2D eigenvalue weighted by molar-refractivity contribution is 5.26. The molecule has 0 radical (unpaired) electrons. The van der Waals surface area contributed by atoms with Gasteiger partial charge in [-0.1, -0.05) is 60.2 Å². The van der Waals surface area contributed by atoms with Crippen molar-refractivity contribution in [3.63, 3.8) is 0 Å². The number of rotatable bonds is 6. The van der Waals surface area contributed by atoms with Crippen LogP contribution in [0.4, 0.5) is 0 Å². The molecule has 0 spiro atoms. The maximum atomic E-state index is 9.29. The van der Waals surface area contributed by atoms with E-state index < -0.39 is 0 Å². The average Bonchev–Trinajstić information content (AvgIpc) is 2.47. The smallest absolute Gasteiger partial charge is 0.0449 e. The summed E-state index contributed by atoms with van der Waals surface area (Å²) in [6, 6.07) is 19.3. The van der Waals surface area contributed by atoms with Gasteiger partial charge in [0.1, 0.15) is 0 Å². The molecule has 2 aromatic rings. The highest BCUT2D eigenvalue weighted by Gasteiger charge is 2.14. The molecule has 0 amide bonds. The Morgan fingerprint density at radius 3 is 2.35 bits per heavy atom. The first-order valence-corrected chi connectivity index (χ1v) is 7.19. The molecule has 0 aromatic heterocycles. The molecule has 2 rings (SSSR count). The number of hydrogen-bond donors (Lipinski definition) is 2. The summed E-state index contributed by atoms with van der Waals surface area (Å²) in [6.45, 7) is 4.47. The van der Waals surface area contributed by atoms with Gasteiger partial charge in [-0.15, -0.1) is 0 Å². The van der Waals surface area contributed by atoms with Crippen LogP contribution >= 0.6 is 0 Å². The zero-order valence-corrected chi connectivity index (χ0v) is 12.2. The quantitative estimate of drug-likeness (QED) is 0.836. The van der Waals surface area contributed by atoms with E-state index in [0.29, 0.717) is 0 Å². The van der Waals surface area contributed by atoms with E-state index in [1.54, 1.807) is 0 Å². The van der Waals surface area contributed by atoms with Gasteiger partial charge in [0.15, 0.2) is 0 Å². The maximum absolute atomic E-state index is 9.29. The number of benzene rings is 2. The number of hydrogen-bond acceptors (Lipinski definition) is 2. The molecule has 0 saturated carbocycles. The molecule has 0 aliphatic carbocycles. The number of aryl methyl sites for hydroxylation is 1. The van der Waals surface area contributed by atoms with Crippen molar-refractivity contribution in [2.75, 3.05) is 6.61 Å². The Kier molecular flexibility index (Phi) is 5.33. The van der Waals surface area contributed by atoms with Gasteiger partial charge >= 0.3 is 0 Å². The minimum atomic E-state index is 0.178. The van der Waals surface area contributed by atoms with Crippen LogP contribution in [0.3, 0.4) is 0 Å². The lowest BCUT2D eigenvalue weighted by Gasteiger charge is -2.24. The highest BCUT2D eigenvalue weighted by Crippen LogP contribution is 2.22. The summed E-state index contributed by atoms with van der Waals surface area (Å²) >= 11 is 0. The van der Waals surface area contributed by atoms with E-state index in [0.717, 1.165) is 6.42 Å². The van der Waals surface area contributed by atoms with E-state index in [1.165, 1.54) is 16.7 Å². The van der Waals surface area contributed by atoms with Gasteiger partial charge in [-0.25, -0.2) is 0 Å². The van der Waals surface area contributed by atoms with Crippen LogP contribution in [-0.2, 0) is 0 Å². The predicted molar refractivity (Wildman–Crippen MR) is 83.6 cm³/mol. The summed E-state index contributed by atoms with van der Waals surface area (Å²) in [7, 11) is 0. The zero-order chi connectivity index (χ0) is 14.4. The third kappa shape index (κ3) is 3.92. The molecule has 0 aliphatic rings. The van der Waals surface area contributed by atoms with Crippen molar-refractivity contribution in [3.8, 4) is 0 Å². The van der Waals surface area contributed by atoms with Gasteiger partial charge in [-0.3, -0.25) is 0 Å². The van der Waals surface area contributed by atoms with Gasteiger partial charge in [0.25, 0.3) is 0 Å². The van der Waals surface area contributed by atoms with Crippen LogP contribution in [0.15, 0.2) is 54.6 Å². The molecule has 2 heteroatoms. The lowest BCUT2D eigenvalue weighted by atomic mass is 10.0. The van der Waals surface area contributed by atoms with Crippen LogP contribution < -0.4 is 5.32 Å². The predicted octanol–water partition coefficient (Wildman–Crippen LogP) is 3.77. The largest absolute Gasteiger partial charge is 0.396 e. The van der Waals surface area contributed by atoms with Crippen molar-refractivity contribution < 1.29 is 5.11 Å². The first-order valence-electron chi connectivity index (χ1n) is 7.19. The van der Waals surface area contributed by atoms with Gasteiger partial charge in [0.05, 0.1) is 0 Å². The molecular weight excluding hydrogens is 246 g/mol. The van der Waals surface area contributed by atoms with Crippen molar-refractivity contribution in [2.24, 2.45) is 0 Å². The summed E-state index contributed by atoms with van der Waals surface area (Å²) in [4.78, 5) is 0. The molecule has 2 aromatic carbocycles. The maximum Gasteiger partial charge on any atom is 0.0449 e. The molecule has 0 fully saturated rings. The molecule has 1 unspecified atom stereocenters. The summed E-state index contributed by atoms with van der Waals surface area (Å²) < 4.78 is 0. The number of aliphatic hydroxyl groups excluding tert-OH is 1. The summed E-state index contributed by atoms with van der Waals surface area (Å²) in [6.07, 6.45) is 0.722. The van der Waals surface area contributed by atoms with Crippen molar-refractivity contribution >= 4 is 0 Å². The van der Waals surface area contributed by atoms with Crippen LogP contribution in [0.5, 0.6) is 0 Å². The Bertz CT molecular complexity index is 524. The first kappa shape index (κ1) is 14.8. The fourth-order valence-electron chi connectivity index (χ4n) is 2.50. The monoisotopic (exact) mass is 269 g/mol. The highest BCUT2D eigenvalue weighted by atomic mass is 16.3. The molecule has 106 valence electrons. The minimum Gasteiger partial charge on any atom is -0.396 e. The van der Waals surface area contributed by atoms with Crippen molar-refractivity contribution in [1.82, 2.24) is 5.32 Å². The molecule has 0 bridgehead atoms. The second-order valence-electron chi connectivity index (χ2n) is 5.28. The van der Waals surface area contributed by atoms with E-state index in [4.69, 9.17) is 0 Å². The fourth-order valence-corrected chi connectivity index (χ4v) is 2.50. The standard InChI is InChI=1S/C18H23NO/c1-14-7-6-10-17(13-14)15(2)19-18(11-12-20)16-8-4-3-5-9-16/h3-10,13,15,18-20H,11-12H2,1-2H3/t15?,18-/m1/s1. The van der Waals surface area contributed by atoms with Gasteiger partial charge in [-0.2, -0.15) is 0 Å². The Labute approximate surface area is 121 Å². The molecule has 0 saturated heterocycles. The third-order valence-corrected chi connectivity index (χ3v) is 3.61. The summed E-state index contributed by atoms with van der Waals surface area (Å²) in [5, 5.41) is 12.9. The molecule has 20 heavy (non-hydrogen) atoms. The van der Waals surface area contributed by atoms with Gasteiger partial charge in [0.2, 0.25) is 0 Å². The normalized spacial score (nSPS) is 13.9. The second-order valence-corrected chi connectivity index (χ2v) is 5.28. The topological polar surface area (TPSA) is 32.3 Å². The zero-order valence-electron chi connectivity index (χ0n) is 12.2. The van der Waals surface area contributed by atoms with Crippen LogP contribution in [-0.4, -0.2) is 11.7 Å². The van der Waals surface area contributed by atoms with Crippen LogP contribution in [0.2, 0.25) is 0 Å². The molecule has 0 heterocycles. The average molecular weight is 269 g/mol. The summed E-state index contributed by atoms with van der Waals surface area (Å²) in [5.41, 5.74) is 3.78. The number of nitrogens with one attached hydrogen (secondary N) is 1. The van der Waals surface area contributed by atoms with Crippen molar-refractivity contribution in [1.29, 1.82) is 0 Å². The lowest BCUT2D eigenvalue weighted by molar-refractivity contribution is 0.260. The van der Waals surface area contributed by atoms with E-state index in [9.17, 15) is 5.11 Å². The van der Waals surface area contributed by atoms with Gasteiger partial charge in [0, 0.05) is 18.7 Å². The Balaban J connectivity index is 2.12. The first-order chi connectivity index (χ1) is 9.70. The van der Waals surface area contributed by atoms with Crippen molar-refractivity contribution in [2.45, 2.75) is 32.4 Å². The van der Waals surface area contributed by atoms with E-state index in [1.807, 2.05) is 18.2 Å². The number of aliphatic hydroxyl groups is 1. The van der Waals surface area contributed by atoms with Crippen LogP contribution in [0.1, 0.15) is 42.1 Å². The molecular formula is C18H23NO. The van der Waals surface area contributed by atoms with E-state index in [2.05, 4.69) is 55.6 Å². The lowest BCUT2D eigenvalue weighted by Crippen LogP contribution is -2.25. The Morgan fingerprint density at radius 1 is 1.00 bits per heavy atom. The fraction of sp³-hybridized carbons (Fsp3) is 0.333. The third-order valence-electron chi connectivity index (χ3n) is 3.61. The molecule has 0 aliphatic heterocycles. The molecule has 2 atom stereocenters.